The SMILES string of the molecule is CCOc1ccc(NC(=O)CSc2nnc(C(C)Oc3ccccc3OC)n2C)cc1. The van der Waals surface area contributed by atoms with Gasteiger partial charge in [-0.25, -0.2) is 0 Å². The number of benzene rings is 2. The smallest absolute Gasteiger partial charge is 0.234 e. The molecule has 1 amide bonds. The maximum absolute atomic E-state index is 12.3. The van der Waals surface area contributed by atoms with Crippen LogP contribution in [0.3, 0.4) is 0 Å². The van der Waals surface area contributed by atoms with E-state index in [-0.39, 0.29) is 17.8 Å². The predicted molar refractivity (Wildman–Crippen MR) is 120 cm³/mol. The highest BCUT2D eigenvalue weighted by atomic mass is 32.2. The summed E-state index contributed by atoms with van der Waals surface area (Å²) in [5.41, 5.74) is 0.714. The molecule has 1 unspecified atom stereocenters. The second-order valence-corrected chi connectivity index (χ2v) is 7.55. The number of carbonyl (C=O) groups is 1. The van der Waals surface area contributed by atoms with Gasteiger partial charge in [0.25, 0.3) is 0 Å². The van der Waals surface area contributed by atoms with Crippen LogP contribution in [0.4, 0.5) is 5.69 Å². The van der Waals surface area contributed by atoms with Crippen LogP contribution in [0.1, 0.15) is 25.8 Å². The molecule has 9 heteroatoms. The first-order valence-electron chi connectivity index (χ1n) is 9.86. The van der Waals surface area contributed by atoms with Crippen molar-refractivity contribution in [1.82, 2.24) is 14.8 Å². The second-order valence-electron chi connectivity index (χ2n) is 6.60. The number of amides is 1. The monoisotopic (exact) mass is 442 g/mol. The Hall–Kier alpha value is -3.20. The quantitative estimate of drug-likeness (QED) is 0.473. The van der Waals surface area contributed by atoms with Crippen molar-refractivity contribution in [2.45, 2.75) is 25.1 Å². The fraction of sp³-hybridized carbons (Fsp3) is 0.318. The zero-order chi connectivity index (χ0) is 22.2. The highest BCUT2D eigenvalue weighted by molar-refractivity contribution is 7.99. The number of rotatable bonds is 10. The molecule has 1 aromatic heterocycles. The van der Waals surface area contributed by atoms with Crippen molar-refractivity contribution >= 4 is 23.4 Å². The lowest BCUT2D eigenvalue weighted by molar-refractivity contribution is -0.113. The van der Waals surface area contributed by atoms with E-state index >= 15 is 0 Å². The van der Waals surface area contributed by atoms with Gasteiger partial charge in [0.05, 0.1) is 19.5 Å². The van der Waals surface area contributed by atoms with Crippen molar-refractivity contribution in [1.29, 1.82) is 0 Å². The first-order valence-corrected chi connectivity index (χ1v) is 10.8. The molecule has 0 aliphatic carbocycles. The molecule has 0 saturated carbocycles. The lowest BCUT2D eigenvalue weighted by atomic mass is 10.3. The summed E-state index contributed by atoms with van der Waals surface area (Å²) in [5, 5.41) is 11.9. The van der Waals surface area contributed by atoms with E-state index in [0.717, 1.165) is 5.75 Å². The Bertz CT molecular complexity index is 1010. The van der Waals surface area contributed by atoms with Crippen LogP contribution in [-0.4, -0.2) is 40.1 Å². The number of hydrogen-bond donors (Lipinski definition) is 1. The summed E-state index contributed by atoms with van der Waals surface area (Å²) in [6, 6.07) is 14.7. The first-order chi connectivity index (χ1) is 15.0. The van der Waals surface area contributed by atoms with Gasteiger partial charge >= 0.3 is 0 Å². The van der Waals surface area contributed by atoms with Crippen LogP contribution in [0, 0.1) is 0 Å². The lowest BCUT2D eigenvalue weighted by Gasteiger charge is -2.16. The second kappa shape index (κ2) is 10.7. The van der Waals surface area contributed by atoms with Crippen LogP contribution < -0.4 is 19.5 Å². The average molecular weight is 443 g/mol. The van der Waals surface area contributed by atoms with Gasteiger partial charge in [0.15, 0.2) is 28.6 Å². The van der Waals surface area contributed by atoms with Crippen molar-refractivity contribution in [2.24, 2.45) is 7.05 Å². The van der Waals surface area contributed by atoms with Gasteiger partial charge in [-0.3, -0.25) is 4.79 Å². The number of carbonyl (C=O) groups excluding carboxylic acids is 1. The molecular formula is C22H26N4O4S. The minimum atomic E-state index is -0.346. The Labute approximate surface area is 185 Å². The van der Waals surface area contributed by atoms with Gasteiger partial charge in [-0.2, -0.15) is 0 Å². The molecule has 0 aliphatic rings. The van der Waals surface area contributed by atoms with E-state index in [4.69, 9.17) is 14.2 Å². The predicted octanol–water partition coefficient (Wildman–Crippen LogP) is 4.09. The molecule has 0 aliphatic heterocycles. The van der Waals surface area contributed by atoms with Gasteiger partial charge in [-0.15, -0.1) is 10.2 Å². The molecule has 1 atom stereocenters. The number of aromatic nitrogens is 3. The standard InChI is InChI=1S/C22H26N4O4S/c1-5-29-17-12-10-16(11-13-17)23-20(27)14-31-22-25-24-21(26(22)3)15(2)30-19-9-7-6-8-18(19)28-4/h6-13,15H,5,14H2,1-4H3,(H,23,27). The van der Waals surface area contributed by atoms with Crippen molar-refractivity contribution in [2.75, 3.05) is 24.8 Å². The number of anilines is 1. The van der Waals surface area contributed by atoms with Gasteiger partial charge in [-0.05, 0) is 50.2 Å². The van der Waals surface area contributed by atoms with Crippen LogP contribution in [0.25, 0.3) is 0 Å². The van der Waals surface area contributed by atoms with E-state index in [1.54, 1.807) is 7.11 Å². The Kier molecular flexibility index (Phi) is 7.77. The molecular weight excluding hydrogens is 416 g/mol. The van der Waals surface area contributed by atoms with Gasteiger partial charge in [0.2, 0.25) is 5.91 Å². The van der Waals surface area contributed by atoms with Crippen molar-refractivity contribution in [3.05, 3.63) is 54.4 Å². The summed E-state index contributed by atoms with van der Waals surface area (Å²) in [4.78, 5) is 12.3. The third kappa shape index (κ3) is 5.91. The van der Waals surface area contributed by atoms with Crippen molar-refractivity contribution in [3.8, 4) is 17.2 Å². The molecule has 31 heavy (non-hydrogen) atoms. The average Bonchev–Trinajstić information content (AvgIpc) is 3.14. The first kappa shape index (κ1) is 22.5. The number of nitrogens with zero attached hydrogens (tertiary/aromatic N) is 3. The summed E-state index contributed by atoms with van der Waals surface area (Å²) in [5.74, 6) is 2.78. The minimum absolute atomic E-state index is 0.128. The van der Waals surface area contributed by atoms with Gasteiger partial charge < -0.3 is 24.1 Å². The van der Waals surface area contributed by atoms with E-state index < -0.39 is 0 Å². The molecule has 8 nitrogen and oxygen atoms in total. The summed E-state index contributed by atoms with van der Waals surface area (Å²) < 4.78 is 18.6. The fourth-order valence-corrected chi connectivity index (χ4v) is 3.61. The number of thioether (sulfide) groups is 1. The minimum Gasteiger partial charge on any atom is -0.494 e. The van der Waals surface area contributed by atoms with E-state index in [1.165, 1.54) is 11.8 Å². The summed E-state index contributed by atoms with van der Waals surface area (Å²) in [7, 11) is 3.45. The van der Waals surface area contributed by atoms with Crippen molar-refractivity contribution in [3.63, 3.8) is 0 Å². The Morgan fingerprint density at radius 3 is 2.52 bits per heavy atom. The molecule has 1 heterocycles. The van der Waals surface area contributed by atoms with Crippen LogP contribution in [0.15, 0.2) is 53.7 Å². The van der Waals surface area contributed by atoms with Gasteiger partial charge in [0, 0.05) is 12.7 Å². The maximum atomic E-state index is 12.3. The number of methoxy groups -OCH3 is 1. The molecule has 0 fully saturated rings. The molecule has 164 valence electrons. The summed E-state index contributed by atoms with van der Waals surface area (Å²) in [6.45, 7) is 4.42. The van der Waals surface area contributed by atoms with E-state index in [2.05, 4.69) is 15.5 Å². The molecule has 3 rings (SSSR count). The van der Waals surface area contributed by atoms with E-state index in [9.17, 15) is 4.79 Å². The third-order valence-corrected chi connectivity index (χ3v) is 5.41. The van der Waals surface area contributed by atoms with Crippen LogP contribution in [0.2, 0.25) is 0 Å². The topological polar surface area (TPSA) is 87.5 Å². The fourth-order valence-electron chi connectivity index (χ4n) is 2.89. The molecule has 3 aromatic rings. The normalized spacial score (nSPS) is 11.6. The zero-order valence-corrected chi connectivity index (χ0v) is 18.8. The maximum Gasteiger partial charge on any atom is 0.234 e. The Morgan fingerprint density at radius 2 is 1.84 bits per heavy atom. The van der Waals surface area contributed by atoms with Crippen LogP contribution >= 0.6 is 11.8 Å². The number of ether oxygens (including phenoxy) is 3. The molecule has 1 N–H and O–H groups in total. The number of nitrogens with one attached hydrogen (secondary N) is 1. The largest absolute Gasteiger partial charge is 0.494 e. The van der Waals surface area contributed by atoms with Gasteiger partial charge in [0.1, 0.15) is 5.75 Å². The Morgan fingerprint density at radius 1 is 1.13 bits per heavy atom. The van der Waals surface area contributed by atoms with Crippen molar-refractivity contribution < 1.29 is 19.0 Å². The highest BCUT2D eigenvalue weighted by Crippen LogP contribution is 2.30. The molecule has 0 saturated heterocycles. The Balaban J connectivity index is 1.56. The van der Waals surface area contributed by atoms with Gasteiger partial charge in [-0.1, -0.05) is 23.9 Å². The van der Waals surface area contributed by atoms with E-state index in [1.807, 2.05) is 74.0 Å². The zero-order valence-electron chi connectivity index (χ0n) is 18.0. The number of hydrogen-bond acceptors (Lipinski definition) is 7. The van der Waals surface area contributed by atoms with Crippen LogP contribution in [0.5, 0.6) is 17.2 Å². The van der Waals surface area contributed by atoms with Crippen LogP contribution in [-0.2, 0) is 11.8 Å². The third-order valence-electron chi connectivity index (χ3n) is 4.39. The summed E-state index contributed by atoms with van der Waals surface area (Å²) >= 11 is 1.31. The highest BCUT2D eigenvalue weighted by Gasteiger charge is 2.19. The molecule has 2 aromatic carbocycles. The number of para-hydroxylation sites is 2. The molecule has 0 spiro atoms. The summed E-state index contributed by atoms with van der Waals surface area (Å²) in [6.07, 6.45) is -0.346. The molecule has 0 radical (unpaired) electrons. The molecule has 0 bridgehead atoms. The van der Waals surface area contributed by atoms with E-state index in [0.29, 0.717) is 34.8 Å². The lowest BCUT2D eigenvalue weighted by Crippen LogP contribution is -2.15.